The van der Waals surface area contributed by atoms with E-state index in [4.69, 9.17) is 5.26 Å². The Morgan fingerprint density at radius 2 is 1.89 bits per heavy atom. The molecule has 0 amide bonds. The van der Waals surface area contributed by atoms with Crippen molar-refractivity contribution in [1.29, 1.82) is 5.26 Å². The topological polar surface area (TPSA) is 50.1 Å². The van der Waals surface area contributed by atoms with Crippen LogP contribution in [0.1, 0.15) is 17.0 Å². The van der Waals surface area contributed by atoms with E-state index in [9.17, 15) is 4.79 Å². The van der Waals surface area contributed by atoms with Crippen LogP contribution < -0.4 is 0 Å². The highest BCUT2D eigenvalue weighted by Crippen LogP contribution is 2.30. The Balaban J connectivity index is 3.19. The third-order valence-electron chi connectivity index (χ3n) is 2.70. The molecule has 0 heterocycles. The zero-order valence-corrected chi connectivity index (χ0v) is 10.6. The zero-order valence-electron chi connectivity index (χ0n) is 10.6. The molecule has 1 rings (SSSR count). The van der Waals surface area contributed by atoms with E-state index in [0.29, 0.717) is 0 Å². The summed E-state index contributed by atoms with van der Waals surface area (Å²) in [5.74, 6) is -1.06. The molecule has 0 saturated carbocycles. The van der Waals surface area contributed by atoms with Gasteiger partial charge < -0.3 is 4.74 Å². The Morgan fingerprint density at radius 3 is 2.33 bits per heavy atom. The average molecular weight is 241 g/mol. The predicted octanol–water partition coefficient (Wildman–Crippen LogP) is 2.89. The van der Waals surface area contributed by atoms with E-state index in [1.54, 1.807) is 0 Å². The second-order valence-corrected chi connectivity index (χ2v) is 4.00. The Kier molecular flexibility index (Phi) is 4.45. The van der Waals surface area contributed by atoms with Crippen LogP contribution in [0.15, 0.2) is 48.6 Å². The van der Waals surface area contributed by atoms with Crippen molar-refractivity contribution >= 4 is 5.97 Å². The summed E-state index contributed by atoms with van der Waals surface area (Å²) in [7, 11) is 1.29. The summed E-state index contributed by atoms with van der Waals surface area (Å²) in [6.07, 6.45) is 0. The van der Waals surface area contributed by atoms with E-state index in [2.05, 4.69) is 17.9 Å². The molecule has 1 aromatic rings. The van der Waals surface area contributed by atoms with Gasteiger partial charge in [-0.25, -0.2) is 4.79 Å². The summed E-state index contributed by atoms with van der Waals surface area (Å²) in [6.45, 7) is 9.35. The monoisotopic (exact) mass is 241 g/mol. The lowest BCUT2D eigenvalue weighted by atomic mass is 9.86. The number of ether oxygens (including phenoxy) is 1. The van der Waals surface area contributed by atoms with Crippen LogP contribution in [0.3, 0.4) is 0 Å². The van der Waals surface area contributed by atoms with Crippen molar-refractivity contribution < 1.29 is 9.53 Å². The lowest BCUT2D eigenvalue weighted by Gasteiger charge is -2.17. The van der Waals surface area contributed by atoms with Crippen molar-refractivity contribution in [2.45, 2.75) is 12.8 Å². The number of hydrogen-bond donors (Lipinski definition) is 0. The van der Waals surface area contributed by atoms with E-state index in [-0.39, 0.29) is 11.1 Å². The lowest BCUT2D eigenvalue weighted by Crippen LogP contribution is -2.13. The van der Waals surface area contributed by atoms with Crippen LogP contribution >= 0.6 is 0 Å². The molecule has 0 aliphatic carbocycles. The number of allylic oxidation sites excluding steroid dienone is 1. The third-order valence-corrected chi connectivity index (χ3v) is 2.70. The molecular weight excluding hydrogens is 226 g/mol. The van der Waals surface area contributed by atoms with Gasteiger partial charge in [-0.3, -0.25) is 0 Å². The van der Waals surface area contributed by atoms with Gasteiger partial charge in [0.2, 0.25) is 0 Å². The van der Waals surface area contributed by atoms with Gasteiger partial charge in [-0.15, -0.1) is 0 Å². The maximum atomic E-state index is 11.5. The summed E-state index contributed by atoms with van der Waals surface area (Å²) >= 11 is 0. The van der Waals surface area contributed by atoms with Crippen molar-refractivity contribution in [1.82, 2.24) is 0 Å². The maximum absolute atomic E-state index is 11.5. The molecule has 0 radical (unpaired) electrons. The number of nitrogens with zero attached hydrogens (tertiary/aromatic N) is 1. The molecule has 1 atom stereocenters. The fraction of sp³-hybridized carbons (Fsp3) is 0.200. The minimum Gasteiger partial charge on any atom is -0.466 e. The first-order valence-electron chi connectivity index (χ1n) is 5.43. The minimum atomic E-state index is -0.531. The van der Waals surface area contributed by atoms with Gasteiger partial charge >= 0.3 is 5.97 Å². The van der Waals surface area contributed by atoms with Gasteiger partial charge in [0.15, 0.2) is 0 Å². The third kappa shape index (κ3) is 2.86. The Hall–Kier alpha value is -2.34. The second kappa shape index (κ2) is 5.83. The highest BCUT2D eigenvalue weighted by molar-refractivity contribution is 5.90. The second-order valence-electron chi connectivity index (χ2n) is 4.00. The minimum absolute atomic E-state index is 0.216. The van der Waals surface area contributed by atoms with Crippen molar-refractivity contribution in [3.63, 3.8) is 0 Å². The molecule has 0 aliphatic rings. The van der Waals surface area contributed by atoms with Gasteiger partial charge in [-0.2, -0.15) is 5.26 Å². The molecule has 0 aromatic heterocycles. The number of aryl methyl sites for hydroxylation is 1. The number of hydrogen-bond acceptors (Lipinski definition) is 3. The maximum Gasteiger partial charge on any atom is 0.334 e. The largest absolute Gasteiger partial charge is 0.466 e. The zero-order chi connectivity index (χ0) is 13.7. The standard InChI is InChI=1S/C15H15NO2/c1-10-5-7-13(8-6-10)14(11(2)9-16)12(3)15(17)18-4/h5-8,14H,2-3H2,1,4H3. The van der Waals surface area contributed by atoms with Gasteiger partial charge in [0, 0.05) is 17.1 Å². The summed E-state index contributed by atoms with van der Waals surface area (Å²) in [5, 5.41) is 8.98. The highest BCUT2D eigenvalue weighted by Gasteiger charge is 2.24. The molecular formula is C15H15NO2. The molecule has 0 saturated heterocycles. The van der Waals surface area contributed by atoms with Gasteiger partial charge in [-0.05, 0) is 12.5 Å². The van der Waals surface area contributed by atoms with Gasteiger partial charge in [0.1, 0.15) is 0 Å². The van der Waals surface area contributed by atoms with E-state index < -0.39 is 11.9 Å². The first-order valence-corrected chi connectivity index (χ1v) is 5.43. The van der Waals surface area contributed by atoms with Crippen LogP contribution in [0.2, 0.25) is 0 Å². The molecule has 1 unspecified atom stereocenters. The van der Waals surface area contributed by atoms with Gasteiger partial charge in [-0.1, -0.05) is 43.0 Å². The summed E-state index contributed by atoms with van der Waals surface area (Å²) in [4.78, 5) is 11.5. The quantitative estimate of drug-likeness (QED) is 0.462. The Bertz CT molecular complexity index is 520. The van der Waals surface area contributed by atoms with E-state index in [1.807, 2.05) is 37.3 Å². The average Bonchev–Trinajstić information content (AvgIpc) is 2.39. The Labute approximate surface area is 107 Å². The van der Waals surface area contributed by atoms with Crippen molar-refractivity contribution in [2.75, 3.05) is 7.11 Å². The summed E-state index contributed by atoms with van der Waals surface area (Å²) < 4.78 is 4.64. The molecule has 0 aliphatic heterocycles. The van der Waals surface area contributed by atoms with Crippen molar-refractivity contribution in [3.8, 4) is 6.07 Å². The first-order chi connectivity index (χ1) is 8.51. The predicted molar refractivity (Wildman–Crippen MR) is 69.8 cm³/mol. The van der Waals surface area contributed by atoms with Crippen LogP contribution in [0, 0.1) is 18.3 Å². The van der Waals surface area contributed by atoms with Crippen LogP contribution in [0.4, 0.5) is 0 Å². The molecule has 0 N–H and O–H groups in total. The van der Waals surface area contributed by atoms with Crippen LogP contribution in [-0.4, -0.2) is 13.1 Å². The SMILES string of the molecule is C=C(C#N)C(C(=C)C(=O)OC)c1ccc(C)cc1. The number of benzene rings is 1. The van der Waals surface area contributed by atoms with Crippen LogP contribution in [-0.2, 0) is 9.53 Å². The molecule has 0 fully saturated rings. The van der Waals surface area contributed by atoms with Gasteiger partial charge in [0.05, 0.1) is 13.2 Å². The number of nitriles is 1. The number of carbonyl (C=O) groups excluding carboxylic acids is 1. The molecule has 3 nitrogen and oxygen atoms in total. The van der Waals surface area contributed by atoms with Crippen molar-refractivity contribution in [3.05, 3.63) is 59.7 Å². The number of esters is 1. The number of methoxy groups -OCH3 is 1. The normalized spacial score (nSPS) is 11.2. The summed E-state index contributed by atoms with van der Waals surface area (Å²) in [5.41, 5.74) is 2.40. The number of carbonyl (C=O) groups is 1. The number of rotatable bonds is 4. The van der Waals surface area contributed by atoms with E-state index >= 15 is 0 Å². The fourth-order valence-corrected chi connectivity index (χ4v) is 1.69. The molecule has 3 heteroatoms. The fourth-order valence-electron chi connectivity index (χ4n) is 1.69. The van der Waals surface area contributed by atoms with Crippen molar-refractivity contribution in [2.24, 2.45) is 0 Å². The van der Waals surface area contributed by atoms with E-state index in [0.717, 1.165) is 11.1 Å². The van der Waals surface area contributed by atoms with Crippen LogP contribution in [0.5, 0.6) is 0 Å². The van der Waals surface area contributed by atoms with Gasteiger partial charge in [0.25, 0.3) is 0 Å². The molecule has 92 valence electrons. The Morgan fingerprint density at radius 1 is 1.33 bits per heavy atom. The molecule has 1 aromatic carbocycles. The van der Waals surface area contributed by atoms with E-state index in [1.165, 1.54) is 7.11 Å². The highest BCUT2D eigenvalue weighted by atomic mass is 16.5. The smallest absolute Gasteiger partial charge is 0.334 e. The molecule has 18 heavy (non-hydrogen) atoms. The molecule has 0 bridgehead atoms. The first kappa shape index (κ1) is 13.7. The lowest BCUT2D eigenvalue weighted by molar-refractivity contribution is -0.136. The summed E-state index contributed by atoms with van der Waals surface area (Å²) in [6, 6.07) is 9.52. The molecule has 0 spiro atoms. The van der Waals surface area contributed by atoms with Crippen LogP contribution in [0.25, 0.3) is 0 Å².